The van der Waals surface area contributed by atoms with E-state index in [4.69, 9.17) is 9.47 Å². The van der Waals surface area contributed by atoms with Crippen LogP contribution >= 0.6 is 0 Å². The third-order valence-corrected chi connectivity index (χ3v) is 10.6. The molecular formula is C48H57N7O10. The number of carbonyl (C=O) groups excluding carboxylic acids is 8. The lowest BCUT2D eigenvalue weighted by Crippen LogP contribution is -2.60. The van der Waals surface area contributed by atoms with E-state index in [1.807, 2.05) is 91.0 Å². The maximum atomic E-state index is 14.6. The highest BCUT2D eigenvalue weighted by molar-refractivity contribution is 5.98. The second-order valence-corrected chi connectivity index (χ2v) is 16.7. The molecule has 0 saturated carbocycles. The van der Waals surface area contributed by atoms with E-state index < -0.39 is 101 Å². The van der Waals surface area contributed by atoms with Crippen molar-refractivity contribution in [3.63, 3.8) is 0 Å². The molecular weight excluding hydrogens is 835 g/mol. The van der Waals surface area contributed by atoms with Gasteiger partial charge >= 0.3 is 12.1 Å². The molecule has 2 aliphatic heterocycles. The molecule has 0 unspecified atom stereocenters. The Hall–Kier alpha value is -7.30. The molecule has 2 aliphatic rings. The summed E-state index contributed by atoms with van der Waals surface area (Å²) in [5.41, 5.74) is -0.0497. The van der Waals surface area contributed by atoms with Crippen molar-refractivity contribution in [1.82, 2.24) is 37.2 Å². The molecule has 3 aromatic rings. The lowest BCUT2D eigenvalue weighted by Gasteiger charge is -2.37. The van der Waals surface area contributed by atoms with E-state index in [1.165, 1.54) is 31.2 Å². The number of esters is 1. The molecule has 17 heteroatoms. The van der Waals surface area contributed by atoms with Crippen molar-refractivity contribution >= 4 is 47.5 Å². The van der Waals surface area contributed by atoms with E-state index in [-0.39, 0.29) is 25.7 Å². The molecule has 0 aromatic heterocycles. The van der Waals surface area contributed by atoms with Crippen LogP contribution in [0.15, 0.2) is 115 Å². The lowest BCUT2D eigenvalue weighted by molar-refractivity contribution is -0.145. The number of benzene rings is 3. The smallest absolute Gasteiger partial charge is 0.408 e. The molecule has 0 fully saturated rings. The first-order chi connectivity index (χ1) is 31.0. The number of carbonyl (C=O) groups is 8. The Balaban J connectivity index is 1.53. The highest BCUT2D eigenvalue weighted by Crippen LogP contribution is 2.37. The van der Waals surface area contributed by atoms with Gasteiger partial charge in [-0.2, -0.15) is 0 Å². The van der Waals surface area contributed by atoms with Crippen LogP contribution in [0.5, 0.6) is 0 Å². The Morgan fingerprint density at radius 2 is 1.08 bits per heavy atom. The van der Waals surface area contributed by atoms with Crippen molar-refractivity contribution in [2.24, 2.45) is 0 Å². The van der Waals surface area contributed by atoms with Gasteiger partial charge in [-0.05, 0) is 70.1 Å². The zero-order chi connectivity index (χ0) is 47.1. The SMILES string of the molecule is COC(=O)[C@@H]1C/C=C\C[C@H]2NC(=O)[C@H](C)NC(=O)[C@H](NC(=O)OC(C)(C)C)C/C=C\C[C@H](NC2=O)C(=O)N[C@@H](CC(=O)NC(c2ccccc2)(c2ccccc2)c2ccccc2)C(=O)N1. The van der Waals surface area contributed by atoms with Crippen molar-refractivity contribution in [3.05, 3.63) is 132 Å². The molecule has 65 heavy (non-hydrogen) atoms. The number of fused-ring (bicyclic) bond motifs is 3. The molecule has 2 bridgehead atoms. The maximum Gasteiger partial charge on any atom is 0.408 e. The highest BCUT2D eigenvalue weighted by Gasteiger charge is 2.40. The first kappa shape index (κ1) is 48.7. The fraction of sp³-hybridized carbons (Fsp3) is 0.375. The zero-order valence-electron chi connectivity index (χ0n) is 37.1. The van der Waals surface area contributed by atoms with Crippen LogP contribution < -0.4 is 37.2 Å². The molecule has 7 N–H and O–H groups in total. The third kappa shape index (κ3) is 13.4. The molecule has 6 atom stereocenters. The number of nitrogens with one attached hydrogen (secondary N) is 7. The molecule has 5 rings (SSSR count). The van der Waals surface area contributed by atoms with Gasteiger partial charge in [0.05, 0.1) is 13.5 Å². The predicted molar refractivity (Wildman–Crippen MR) is 239 cm³/mol. The Bertz CT molecular complexity index is 2150. The molecule has 17 nitrogen and oxygen atoms in total. The number of rotatable bonds is 8. The van der Waals surface area contributed by atoms with Gasteiger partial charge in [0.1, 0.15) is 47.4 Å². The lowest BCUT2D eigenvalue weighted by atomic mass is 9.77. The van der Waals surface area contributed by atoms with Crippen LogP contribution in [-0.2, 0) is 48.6 Å². The van der Waals surface area contributed by atoms with Gasteiger partial charge in [-0.3, -0.25) is 28.8 Å². The van der Waals surface area contributed by atoms with Gasteiger partial charge in [0.15, 0.2) is 0 Å². The van der Waals surface area contributed by atoms with Gasteiger partial charge in [0.2, 0.25) is 35.4 Å². The van der Waals surface area contributed by atoms with Gasteiger partial charge in [0, 0.05) is 0 Å². The van der Waals surface area contributed by atoms with Crippen LogP contribution in [0.4, 0.5) is 4.79 Å². The van der Waals surface area contributed by atoms with Crippen molar-refractivity contribution < 1.29 is 47.8 Å². The van der Waals surface area contributed by atoms with Crippen molar-refractivity contribution in [2.45, 2.75) is 107 Å². The Labute approximate surface area is 377 Å². The summed E-state index contributed by atoms with van der Waals surface area (Å²) in [6.07, 6.45) is 3.99. The van der Waals surface area contributed by atoms with Crippen molar-refractivity contribution in [3.8, 4) is 0 Å². The maximum absolute atomic E-state index is 14.6. The van der Waals surface area contributed by atoms with E-state index in [9.17, 15) is 38.4 Å². The fourth-order valence-corrected chi connectivity index (χ4v) is 7.36. The van der Waals surface area contributed by atoms with Crippen molar-refractivity contribution in [1.29, 1.82) is 0 Å². The Morgan fingerprint density at radius 1 is 0.600 bits per heavy atom. The van der Waals surface area contributed by atoms with E-state index in [1.54, 1.807) is 20.8 Å². The minimum Gasteiger partial charge on any atom is -0.467 e. The second kappa shape index (κ2) is 22.4. The quantitative estimate of drug-likeness (QED) is 0.0992. The van der Waals surface area contributed by atoms with E-state index in [0.29, 0.717) is 16.7 Å². The van der Waals surface area contributed by atoms with Gasteiger partial charge < -0.3 is 46.7 Å². The normalized spacial score (nSPS) is 23.6. The number of ether oxygens (including phenoxy) is 2. The summed E-state index contributed by atoms with van der Waals surface area (Å²) in [6, 6.07) is 19.8. The third-order valence-electron chi connectivity index (χ3n) is 10.6. The van der Waals surface area contributed by atoms with Gasteiger partial charge in [-0.1, -0.05) is 115 Å². The Kier molecular flexibility index (Phi) is 16.8. The minimum absolute atomic E-state index is 0.110. The van der Waals surface area contributed by atoms with E-state index in [0.717, 1.165) is 7.11 Å². The minimum atomic E-state index is -1.61. The van der Waals surface area contributed by atoms with Gasteiger partial charge in [-0.15, -0.1) is 0 Å². The average Bonchev–Trinajstić information content (AvgIpc) is 3.28. The first-order valence-corrected chi connectivity index (χ1v) is 21.4. The molecule has 7 amide bonds. The standard InChI is InChI=1S/C48H57N7O10/c1-30-40(57)50-34-25-17-18-28-37(45(62)64-5)52-44(61)38(53-43(60)35(51-42(34)59)26-15-16-27-36(41(58)49-30)54-46(63)65-47(2,3)4)29-39(56)55-48(31-19-9-6-10-20-31,32-21-11-7-12-22-32)33-23-13-8-14-24-33/h6-24,30,34-38H,25-29H2,1-5H3,(H,49,58)(H,50,57)(H,51,59)(H,52,61)(H,53,60)(H,54,63)(H,55,56)/b16-15-,18-17-/t30-,34+,35-,36+,37-,38-/m0/s1. The van der Waals surface area contributed by atoms with Crippen LogP contribution in [-0.4, -0.2) is 96.5 Å². The first-order valence-electron chi connectivity index (χ1n) is 21.4. The summed E-state index contributed by atoms with van der Waals surface area (Å²) in [7, 11) is 1.14. The highest BCUT2D eigenvalue weighted by atomic mass is 16.6. The fourth-order valence-electron chi connectivity index (χ4n) is 7.36. The number of methoxy groups -OCH3 is 1. The summed E-state index contributed by atoms with van der Waals surface area (Å²) in [4.78, 5) is 110. The monoisotopic (exact) mass is 891 g/mol. The molecule has 3 aromatic carbocycles. The summed E-state index contributed by atoms with van der Waals surface area (Å²) in [5, 5.41) is 18.8. The summed E-state index contributed by atoms with van der Waals surface area (Å²) < 4.78 is 10.3. The molecule has 0 saturated heterocycles. The van der Waals surface area contributed by atoms with Gasteiger partial charge in [0.25, 0.3) is 0 Å². The van der Waals surface area contributed by atoms with E-state index in [2.05, 4.69) is 37.2 Å². The van der Waals surface area contributed by atoms with Gasteiger partial charge in [-0.25, -0.2) is 9.59 Å². The molecule has 344 valence electrons. The van der Waals surface area contributed by atoms with Crippen LogP contribution in [0.25, 0.3) is 0 Å². The van der Waals surface area contributed by atoms with E-state index >= 15 is 0 Å². The topological polar surface area (TPSA) is 239 Å². The molecule has 2 heterocycles. The summed E-state index contributed by atoms with van der Waals surface area (Å²) >= 11 is 0. The van der Waals surface area contributed by atoms with Crippen molar-refractivity contribution in [2.75, 3.05) is 7.11 Å². The predicted octanol–water partition coefficient (Wildman–Crippen LogP) is 2.70. The van der Waals surface area contributed by atoms with Crippen LogP contribution in [0.1, 0.15) is 76.5 Å². The molecule has 0 aliphatic carbocycles. The number of hydrogen-bond donors (Lipinski definition) is 7. The number of amides is 7. The molecule has 0 radical (unpaired) electrons. The average molecular weight is 892 g/mol. The largest absolute Gasteiger partial charge is 0.467 e. The van der Waals surface area contributed by atoms with Crippen LogP contribution in [0, 0.1) is 0 Å². The number of hydrogen-bond acceptors (Lipinski definition) is 10. The van der Waals surface area contributed by atoms with Crippen LogP contribution in [0.2, 0.25) is 0 Å². The summed E-state index contributed by atoms with van der Waals surface area (Å²) in [5.74, 6) is -5.48. The summed E-state index contributed by atoms with van der Waals surface area (Å²) in [6.45, 7) is 6.37. The van der Waals surface area contributed by atoms with Crippen LogP contribution in [0.3, 0.4) is 0 Å². The zero-order valence-corrected chi connectivity index (χ0v) is 37.1. The molecule has 0 spiro atoms. The Morgan fingerprint density at radius 3 is 1.58 bits per heavy atom. The second-order valence-electron chi connectivity index (χ2n) is 16.7. The number of alkyl carbamates (subject to hydrolysis) is 1.